The van der Waals surface area contributed by atoms with Crippen LogP contribution in [0.4, 0.5) is 0 Å². The van der Waals surface area contributed by atoms with Gasteiger partial charge in [0.2, 0.25) is 0 Å². The van der Waals surface area contributed by atoms with Crippen LogP contribution in [0.1, 0.15) is 34.1 Å². The lowest BCUT2D eigenvalue weighted by molar-refractivity contribution is -0.139. The molecule has 0 aliphatic carbocycles. The fraction of sp³-hybridized carbons (Fsp3) is 0.923. The molecule has 1 fully saturated rings. The van der Waals surface area contributed by atoms with Gasteiger partial charge in [0.15, 0.2) is 0 Å². The van der Waals surface area contributed by atoms with Crippen molar-refractivity contribution in [3.8, 4) is 0 Å². The van der Waals surface area contributed by atoms with Crippen LogP contribution in [0.25, 0.3) is 0 Å². The lowest BCUT2D eigenvalue weighted by Crippen LogP contribution is -2.43. The largest absolute Gasteiger partial charge is 0.480 e. The summed E-state index contributed by atoms with van der Waals surface area (Å²) in [4.78, 5) is 13.5. The highest BCUT2D eigenvalue weighted by Crippen LogP contribution is 2.22. The highest BCUT2D eigenvalue weighted by molar-refractivity contribution is 5.73. The van der Waals surface area contributed by atoms with Crippen LogP contribution in [0, 0.1) is 11.8 Å². The molecule has 4 heteroatoms. The van der Waals surface area contributed by atoms with E-state index in [0.717, 1.165) is 31.5 Å². The Kier molecular flexibility index (Phi) is 5.40. The molecular weight excluding hydrogens is 216 g/mol. The lowest BCUT2D eigenvalue weighted by Gasteiger charge is -2.21. The molecule has 0 radical (unpaired) electrons. The SMILES string of the molecule is CC(C)NC(CCN1CC(C)C(C)C1)C(=O)O. The van der Waals surface area contributed by atoms with E-state index in [2.05, 4.69) is 24.1 Å². The van der Waals surface area contributed by atoms with Crippen LogP contribution in [-0.4, -0.2) is 47.7 Å². The van der Waals surface area contributed by atoms with Crippen LogP contribution in [0.15, 0.2) is 0 Å². The van der Waals surface area contributed by atoms with E-state index in [1.165, 1.54) is 0 Å². The first-order valence-electron chi connectivity index (χ1n) is 6.61. The molecule has 1 saturated heterocycles. The molecule has 0 saturated carbocycles. The van der Waals surface area contributed by atoms with Gasteiger partial charge in [0, 0.05) is 25.7 Å². The first kappa shape index (κ1) is 14.5. The molecule has 17 heavy (non-hydrogen) atoms. The summed E-state index contributed by atoms with van der Waals surface area (Å²) in [5, 5.41) is 12.2. The van der Waals surface area contributed by atoms with E-state index in [4.69, 9.17) is 5.11 Å². The highest BCUT2D eigenvalue weighted by Gasteiger charge is 2.27. The summed E-state index contributed by atoms with van der Waals surface area (Å²) in [5.74, 6) is 0.728. The molecule has 1 rings (SSSR count). The fourth-order valence-electron chi connectivity index (χ4n) is 2.42. The Morgan fingerprint density at radius 2 is 1.88 bits per heavy atom. The molecule has 100 valence electrons. The zero-order valence-corrected chi connectivity index (χ0v) is 11.4. The molecule has 0 aromatic rings. The van der Waals surface area contributed by atoms with Crippen LogP contribution >= 0.6 is 0 Å². The van der Waals surface area contributed by atoms with E-state index < -0.39 is 12.0 Å². The van der Waals surface area contributed by atoms with Crippen molar-refractivity contribution < 1.29 is 9.90 Å². The molecule has 2 N–H and O–H groups in total. The Labute approximate surface area is 104 Å². The number of carbonyl (C=O) groups is 1. The molecule has 1 aliphatic heterocycles. The van der Waals surface area contributed by atoms with Gasteiger partial charge >= 0.3 is 5.97 Å². The minimum absolute atomic E-state index is 0.215. The lowest BCUT2D eigenvalue weighted by atomic mass is 10.0. The molecule has 1 heterocycles. The van der Waals surface area contributed by atoms with E-state index in [9.17, 15) is 4.79 Å². The van der Waals surface area contributed by atoms with E-state index in [0.29, 0.717) is 6.42 Å². The van der Waals surface area contributed by atoms with Crippen molar-refractivity contribution in [1.29, 1.82) is 0 Å². The quantitative estimate of drug-likeness (QED) is 0.739. The maximum Gasteiger partial charge on any atom is 0.320 e. The van der Waals surface area contributed by atoms with Gasteiger partial charge in [0.1, 0.15) is 6.04 Å². The van der Waals surface area contributed by atoms with E-state index in [1.54, 1.807) is 0 Å². The number of rotatable bonds is 6. The Bertz CT molecular complexity index is 246. The second-order valence-corrected chi connectivity index (χ2v) is 5.72. The maximum atomic E-state index is 11.1. The average Bonchev–Trinajstić information content (AvgIpc) is 2.52. The van der Waals surface area contributed by atoms with Crippen molar-refractivity contribution >= 4 is 5.97 Å². The number of likely N-dealkylation sites (tertiary alicyclic amines) is 1. The number of hydrogen-bond donors (Lipinski definition) is 2. The van der Waals surface area contributed by atoms with Crippen molar-refractivity contribution in [1.82, 2.24) is 10.2 Å². The molecule has 1 aliphatic rings. The van der Waals surface area contributed by atoms with Gasteiger partial charge in [-0.15, -0.1) is 0 Å². The Balaban J connectivity index is 2.34. The van der Waals surface area contributed by atoms with E-state index >= 15 is 0 Å². The predicted octanol–water partition coefficient (Wildman–Crippen LogP) is 1.42. The molecular formula is C13H26N2O2. The molecule has 0 aromatic heterocycles. The molecule has 4 nitrogen and oxygen atoms in total. The first-order chi connectivity index (χ1) is 7.90. The molecule has 0 bridgehead atoms. The molecule has 3 unspecified atom stereocenters. The Morgan fingerprint density at radius 1 is 1.35 bits per heavy atom. The van der Waals surface area contributed by atoms with Gasteiger partial charge in [-0.2, -0.15) is 0 Å². The summed E-state index contributed by atoms with van der Waals surface area (Å²) in [6.07, 6.45) is 0.687. The topological polar surface area (TPSA) is 52.6 Å². The standard InChI is InChI=1S/C13H26N2O2/c1-9(2)14-12(13(16)17)5-6-15-7-10(3)11(4)8-15/h9-12,14H,5-8H2,1-4H3,(H,16,17). The number of nitrogens with one attached hydrogen (secondary N) is 1. The second-order valence-electron chi connectivity index (χ2n) is 5.72. The van der Waals surface area contributed by atoms with Crippen LogP contribution in [0.2, 0.25) is 0 Å². The smallest absolute Gasteiger partial charge is 0.320 e. The zero-order valence-electron chi connectivity index (χ0n) is 11.4. The number of carboxylic acids is 1. The van der Waals surface area contributed by atoms with Gasteiger partial charge in [-0.25, -0.2) is 0 Å². The number of carboxylic acid groups (broad SMARTS) is 1. The minimum atomic E-state index is -0.737. The monoisotopic (exact) mass is 242 g/mol. The first-order valence-corrected chi connectivity index (χ1v) is 6.61. The highest BCUT2D eigenvalue weighted by atomic mass is 16.4. The van der Waals surface area contributed by atoms with Gasteiger partial charge < -0.3 is 15.3 Å². The third-order valence-electron chi connectivity index (χ3n) is 3.63. The number of aliphatic carboxylic acids is 1. The second kappa shape index (κ2) is 6.36. The van der Waals surface area contributed by atoms with Crippen molar-refractivity contribution in [2.24, 2.45) is 11.8 Å². The summed E-state index contributed by atoms with van der Waals surface area (Å²) in [6.45, 7) is 11.6. The van der Waals surface area contributed by atoms with Gasteiger partial charge in [0.25, 0.3) is 0 Å². The van der Waals surface area contributed by atoms with E-state index in [-0.39, 0.29) is 6.04 Å². The maximum absolute atomic E-state index is 11.1. The van der Waals surface area contributed by atoms with Crippen LogP contribution in [0.3, 0.4) is 0 Å². The van der Waals surface area contributed by atoms with Crippen molar-refractivity contribution in [3.05, 3.63) is 0 Å². The summed E-state index contributed by atoms with van der Waals surface area (Å²) < 4.78 is 0. The Hall–Kier alpha value is -0.610. The van der Waals surface area contributed by atoms with Gasteiger partial charge in [-0.3, -0.25) is 4.79 Å². The Morgan fingerprint density at radius 3 is 2.29 bits per heavy atom. The van der Waals surface area contributed by atoms with Crippen LogP contribution < -0.4 is 5.32 Å². The van der Waals surface area contributed by atoms with Gasteiger partial charge in [-0.05, 0) is 18.3 Å². The summed E-state index contributed by atoms with van der Waals surface area (Å²) in [7, 11) is 0. The molecule has 0 spiro atoms. The summed E-state index contributed by atoms with van der Waals surface area (Å²) in [6, 6.07) is -0.200. The average molecular weight is 242 g/mol. The summed E-state index contributed by atoms with van der Waals surface area (Å²) >= 11 is 0. The van der Waals surface area contributed by atoms with Gasteiger partial charge in [0.05, 0.1) is 0 Å². The fourth-order valence-corrected chi connectivity index (χ4v) is 2.42. The zero-order chi connectivity index (χ0) is 13.0. The normalized spacial score (nSPS) is 27.6. The number of hydrogen-bond acceptors (Lipinski definition) is 3. The van der Waals surface area contributed by atoms with Crippen LogP contribution in [-0.2, 0) is 4.79 Å². The van der Waals surface area contributed by atoms with Crippen molar-refractivity contribution in [2.75, 3.05) is 19.6 Å². The third-order valence-corrected chi connectivity index (χ3v) is 3.63. The van der Waals surface area contributed by atoms with E-state index in [1.807, 2.05) is 13.8 Å². The van der Waals surface area contributed by atoms with Crippen LogP contribution in [0.5, 0.6) is 0 Å². The van der Waals surface area contributed by atoms with Crippen molar-refractivity contribution in [2.45, 2.75) is 46.2 Å². The van der Waals surface area contributed by atoms with Gasteiger partial charge in [-0.1, -0.05) is 27.7 Å². The van der Waals surface area contributed by atoms with Crippen molar-refractivity contribution in [3.63, 3.8) is 0 Å². The summed E-state index contributed by atoms with van der Waals surface area (Å²) in [5.41, 5.74) is 0. The molecule has 3 atom stereocenters. The molecule has 0 amide bonds. The minimum Gasteiger partial charge on any atom is -0.480 e. The predicted molar refractivity (Wildman–Crippen MR) is 69.1 cm³/mol. The third kappa shape index (κ3) is 4.64. The molecule has 0 aromatic carbocycles. The number of nitrogens with zero attached hydrogens (tertiary/aromatic N) is 1.